The molecule has 0 amide bonds. The first kappa shape index (κ1) is 12.8. The lowest BCUT2D eigenvalue weighted by Crippen LogP contribution is -2.47. The normalized spacial score (nSPS) is 18.9. The van der Waals surface area contributed by atoms with Crippen LogP contribution in [-0.2, 0) is 0 Å². The van der Waals surface area contributed by atoms with Crippen LogP contribution in [0.25, 0.3) is 0 Å². The zero-order valence-electron chi connectivity index (χ0n) is 11.6. The second-order valence-electron chi connectivity index (χ2n) is 4.98. The SMILES string of the molecule is CN(c1ncccn1)C1CCCN(c2cccnn2)C1. The van der Waals surface area contributed by atoms with Crippen molar-refractivity contribution in [1.29, 1.82) is 0 Å². The highest BCUT2D eigenvalue weighted by Gasteiger charge is 2.25. The van der Waals surface area contributed by atoms with E-state index in [1.54, 1.807) is 18.6 Å². The molecule has 104 valence electrons. The van der Waals surface area contributed by atoms with Gasteiger partial charge < -0.3 is 9.80 Å². The first-order valence-electron chi connectivity index (χ1n) is 6.87. The first-order chi connectivity index (χ1) is 9.84. The molecule has 1 aliphatic heterocycles. The minimum Gasteiger partial charge on any atom is -0.353 e. The molecular weight excluding hydrogens is 252 g/mol. The van der Waals surface area contributed by atoms with E-state index in [0.717, 1.165) is 37.7 Å². The monoisotopic (exact) mass is 270 g/mol. The minimum absolute atomic E-state index is 0.396. The van der Waals surface area contributed by atoms with Crippen LogP contribution in [0.5, 0.6) is 0 Å². The van der Waals surface area contributed by atoms with Crippen molar-refractivity contribution in [3.05, 3.63) is 36.8 Å². The average molecular weight is 270 g/mol. The van der Waals surface area contributed by atoms with Gasteiger partial charge in [0.05, 0.1) is 0 Å². The van der Waals surface area contributed by atoms with Crippen LogP contribution in [0.15, 0.2) is 36.8 Å². The molecule has 6 nitrogen and oxygen atoms in total. The molecule has 2 aromatic rings. The molecular formula is C14H18N6. The number of hydrogen-bond acceptors (Lipinski definition) is 6. The largest absolute Gasteiger partial charge is 0.353 e. The van der Waals surface area contributed by atoms with Gasteiger partial charge in [0.15, 0.2) is 5.82 Å². The molecule has 0 N–H and O–H groups in total. The number of likely N-dealkylation sites (N-methyl/N-ethyl adjacent to an activating group) is 1. The molecule has 1 atom stereocenters. The lowest BCUT2D eigenvalue weighted by molar-refractivity contribution is 0.480. The summed E-state index contributed by atoms with van der Waals surface area (Å²) in [6, 6.07) is 6.17. The van der Waals surface area contributed by atoms with E-state index in [9.17, 15) is 0 Å². The molecule has 20 heavy (non-hydrogen) atoms. The quantitative estimate of drug-likeness (QED) is 0.839. The Kier molecular flexibility index (Phi) is 3.71. The molecule has 0 aromatic carbocycles. The van der Waals surface area contributed by atoms with Crippen molar-refractivity contribution in [3.63, 3.8) is 0 Å². The standard InChI is InChI=1S/C14H18N6/c1-19(14-15-7-4-8-16-14)12-5-3-10-20(11-12)13-6-2-9-17-18-13/h2,4,6-9,12H,3,5,10-11H2,1H3. The maximum Gasteiger partial charge on any atom is 0.225 e. The summed E-state index contributed by atoms with van der Waals surface area (Å²) >= 11 is 0. The summed E-state index contributed by atoms with van der Waals surface area (Å²) < 4.78 is 0. The van der Waals surface area contributed by atoms with E-state index in [1.165, 1.54) is 0 Å². The van der Waals surface area contributed by atoms with Crippen LogP contribution < -0.4 is 9.80 Å². The van der Waals surface area contributed by atoms with Crippen molar-refractivity contribution in [1.82, 2.24) is 20.2 Å². The molecule has 3 heterocycles. The van der Waals surface area contributed by atoms with Gasteiger partial charge in [0.1, 0.15) is 0 Å². The molecule has 0 spiro atoms. The molecule has 1 saturated heterocycles. The Morgan fingerprint density at radius 1 is 1.20 bits per heavy atom. The Bertz CT molecular complexity index is 494. The molecule has 0 saturated carbocycles. The van der Waals surface area contributed by atoms with E-state index in [2.05, 4.69) is 37.0 Å². The van der Waals surface area contributed by atoms with Crippen molar-refractivity contribution in [2.75, 3.05) is 29.9 Å². The zero-order valence-corrected chi connectivity index (χ0v) is 11.6. The second kappa shape index (κ2) is 5.81. The fourth-order valence-electron chi connectivity index (χ4n) is 2.58. The molecule has 6 heteroatoms. The van der Waals surface area contributed by atoms with Gasteiger partial charge in [-0.3, -0.25) is 0 Å². The van der Waals surface area contributed by atoms with Crippen LogP contribution >= 0.6 is 0 Å². The number of piperidine rings is 1. The number of rotatable bonds is 3. The van der Waals surface area contributed by atoms with Gasteiger partial charge in [0, 0.05) is 44.8 Å². The topological polar surface area (TPSA) is 58.0 Å². The van der Waals surface area contributed by atoms with E-state index >= 15 is 0 Å². The van der Waals surface area contributed by atoms with Crippen LogP contribution in [0.3, 0.4) is 0 Å². The van der Waals surface area contributed by atoms with Gasteiger partial charge in [0.25, 0.3) is 0 Å². The molecule has 0 bridgehead atoms. The van der Waals surface area contributed by atoms with Gasteiger partial charge in [-0.2, -0.15) is 5.10 Å². The summed E-state index contributed by atoms with van der Waals surface area (Å²) in [4.78, 5) is 13.1. The van der Waals surface area contributed by atoms with E-state index in [-0.39, 0.29) is 0 Å². The van der Waals surface area contributed by atoms with Gasteiger partial charge in [-0.25, -0.2) is 9.97 Å². The number of aromatic nitrogens is 4. The second-order valence-corrected chi connectivity index (χ2v) is 4.98. The van der Waals surface area contributed by atoms with Crippen molar-refractivity contribution in [2.24, 2.45) is 0 Å². The number of hydrogen-bond donors (Lipinski definition) is 0. The molecule has 3 rings (SSSR count). The summed E-state index contributed by atoms with van der Waals surface area (Å²) in [5.41, 5.74) is 0. The van der Waals surface area contributed by atoms with Gasteiger partial charge >= 0.3 is 0 Å². The van der Waals surface area contributed by atoms with Gasteiger partial charge in [-0.05, 0) is 31.0 Å². The smallest absolute Gasteiger partial charge is 0.225 e. The summed E-state index contributed by atoms with van der Waals surface area (Å²) in [5.74, 6) is 1.72. The predicted octanol–water partition coefficient (Wildman–Crippen LogP) is 1.37. The lowest BCUT2D eigenvalue weighted by atomic mass is 10.0. The van der Waals surface area contributed by atoms with Crippen LogP contribution in [0.2, 0.25) is 0 Å². The van der Waals surface area contributed by atoms with Gasteiger partial charge in [-0.15, -0.1) is 5.10 Å². The third-order valence-corrected chi connectivity index (χ3v) is 3.69. The maximum absolute atomic E-state index is 4.32. The highest BCUT2D eigenvalue weighted by atomic mass is 15.3. The Morgan fingerprint density at radius 2 is 2.05 bits per heavy atom. The van der Waals surface area contributed by atoms with Crippen LogP contribution in [0.1, 0.15) is 12.8 Å². The summed E-state index contributed by atoms with van der Waals surface area (Å²) in [5, 5.41) is 8.15. The summed E-state index contributed by atoms with van der Waals surface area (Å²) in [7, 11) is 2.06. The van der Waals surface area contributed by atoms with Gasteiger partial charge in [0.2, 0.25) is 5.95 Å². The third-order valence-electron chi connectivity index (χ3n) is 3.69. The van der Waals surface area contributed by atoms with E-state index in [0.29, 0.717) is 6.04 Å². The summed E-state index contributed by atoms with van der Waals surface area (Å²) in [6.07, 6.45) is 7.54. The molecule has 2 aromatic heterocycles. The molecule has 1 fully saturated rings. The Morgan fingerprint density at radius 3 is 2.80 bits per heavy atom. The first-order valence-corrected chi connectivity index (χ1v) is 6.87. The van der Waals surface area contributed by atoms with Crippen LogP contribution in [0, 0.1) is 0 Å². The predicted molar refractivity (Wildman–Crippen MR) is 77.7 cm³/mol. The Balaban J connectivity index is 1.72. The molecule has 0 radical (unpaired) electrons. The average Bonchev–Trinajstić information content (AvgIpc) is 2.56. The van der Waals surface area contributed by atoms with Crippen molar-refractivity contribution >= 4 is 11.8 Å². The molecule has 1 unspecified atom stereocenters. The third kappa shape index (κ3) is 2.68. The number of anilines is 2. The number of nitrogens with zero attached hydrogens (tertiary/aromatic N) is 6. The van der Waals surface area contributed by atoms with Crippen molar-refractivity contribution < 1.29 is 0 Å². The minimum atomic E-state index is 0.396. The van der Waals surface area contributed by atoms with E-state index < -0.39 is 0 Å². The fourth-order valence-corrected chi connectivity index (χ4v) is 2.58. The Hall–Kier alpha value is -2.24. The van der Waals surface area contributed by atoms with E-state index in [1.807, 2.05) is 18.2 Å². The maximum atomic E-state index is 4.32. The van der Waals surface area contributed by atoms with Crippen molar-refractivity contribution in [2.45, 2.75) is 18.9 Å². The van der Waals surface area contributed by atoms with Crippen LogP contribution in [0.4, 0.5) is 11.8 Å². The summed E-state index contributed by atoms with van der Waals surface area (Å²) in [6.45, 7) is 1.95. The highest BCUT2D eigenvalue weighted by molar-refractivity contribution is 5.39. The highest BCUT2D eigenvalue weighted by Crippen LogP contribution is 2.21. The van der Waals surface area contributed by atoms with Gasteiger partial charge in [-0.1, -0.05) is 0 Å². The molecule has 0 aliphatic carbocycles. The molecule has 1 aliphatic rings. The fraction of sp³-hybridized carbons (Fsp3) is 0.429. The van der Waals surface area contributed by atoms with Crippen molar-refractivity contribution in [3.8, 4) is 0 Å². The van der Waals surface area contributed by atoms with E-state index in [4.69, 9.17) is 0 Å². The van der Waals surface area contributed by atoms with Crippen LogP contribution in [-0.4, -0.2) is 46.3 Å². The lowest BCUT2D eigenvalue weighted by Gasteiger charge is -2.37. The zero-order chi connectivity index (χ0) is 13.8. The Labute approximate surface area is 118 Å².